The Hall–Kier alpha value is -2.60. The molecule has 1 aliphatic carbocycles. The minimum Gasteiger partial charge on any atom is -0.465 e. The zero-order chi connectivity index (χ0) is 23.9. The molecule has 0 spiro atoms. The van der Waals surface area contributed by atoms with Gasteiger partial charge in [-0.2, -0.15) is 26.3 Å². The number of hydrogen-bond donors (Lipinski definition) is 1. The zero-order valence-electron chi connectivity index (χ0n) is 16.5. The summed E-state index contributed by atoms with van der Waals surface area (Å²) < 4.78 is 106. The van der Waals surface area contributed by atoms with Crippen LogP contribution in [-0.4, -0.2) is 33.0 Å². The van der Waals surface area contributed by atoms with Crippen molar-refractivity contribution < 1.29 is 44.3 Å². The third-order valence-corrected chi connectivity index (χ3v) is 6.23. The largest absolute Gasteiger partial charge is 0.511 e. The predicted octanol–water partition coefficient (Wildman–Crippen LogP) is 3.99. The minimum absolute atomic E-state index is 0.00842. The number of halogens is 6. The van der Waals surface area contributed by atoms with Crippen LogP contribution in [0.1, 0.15) is 38.2 Å². The number of hydrogen-bond acceptors (Lipinski definition) is 4. The molecule has 2 aromatic rings. The summed E-state index contributed by atoms with van der Waals surface area (Å²) in [4.78, 5) is 11.7. The van der Waals surface area contributed by atoms with E-state index in [4.69, 9.17) is 0 Å². The Morgan fingerprint density at radius 3 is 2.25 bits per heavy atom. The van der Waals surface area contributed by atoms with Gasteiger partial charge in [-0.25, -0.2) is 17.9 Å². The van der Waals surface area contributed by atoms with Crippen molar-refractivity contribution in [3.05, 3.63) is 69.8 Å². The Labute approximate surface area is 179 Å². The minimum atomic E-state index is -5.49. The fraction of sp³-hybridized carbons (Fsp3) is 0.350. The van der Waals surface area contributed by atoms with Gasteiger partial charge in [0.25, 0.3) is 0 Å². The van der Waals surface area contributed by atoms with Gasteiger partial charge in [0, 0.05) is 6.04 Å². The number of benzene rings is 2. The molecule has 1 atom stereocenters. The molecule has 1 unspecified atom stereocenters. The normalized spacial score (nSPS) is 16.7. The summed E-state index contributed by atoms with van der Waals surface area (Å²) in [5.41, 5.74) is -4.72. The highest BCUT2D eigenvalue weighted by atomic mass is 32.2. The number of rotatable bonds is 5. The van der Waals surface area contributed by atoms with Crippen LogP contribution in [0.25, 0.3) is 0 Å². The lowest BCUT2D eigenvalue weighted by Crippen LogP contribution is -2.43. The van der Waals surface area contributed by atoms with E-state index in [0.717, 1.165) is 13.2 Å². The number of ether oxygens (including phenoxy) is 1. The van der Waals surface area contributed by atoms with Gasteiger partial charge in [0.2, 0.25) is 0 Å². The summed E-state index contributed by atoms with van der Waals surface area (Å²) in [5, 5.41) is 0. The first-order valence-electron chi connectivity index (χ1n) is 9.18. The van der Waals surface area contributed by atoms with Crippen molar-refractivity contribution in [3.8, 4) is 0 Å². The van der Waals surface area contributed by atoms with Crippen LogP contribution >= 0.6 is 0 Å². The molecule has 1 N–H and O–H groups in total. The highest BCUT2D eigenvalue weighted by molar-refractivity contribution is 7.90. The lowest BCUT2D eigenvalue weighted by molar-refractivity contribution is -0.137. The fourth-order valence-corrected chi connectivity index (χ4v) is 4.32. The van der Waals surface area contributed by atoms with Crippen LogP contribution in [-0.2, 0) is 40.2 Å². The summed E-state index contributed by atoms with van der Waals surface area (Å²) in [5.74, 6) is -0.925. The van der Waals surface area contributed by atoms with Gasteiger partial charge in [0.1, 0.15) is 0 Å². The third-order valence-electron chi connectivity index (χ3n) is 4.98. The Bertz CT molecular complexity index is 1140. The van der Waals surface area contributed by atoms with Crippen LogP contribution in [0.5, 0.6) is 0 Å². The molecule has 0 bridgehead atoms. The van der Waals surface area contributed by atoms with Gasteiger partial charge in [0.15, 0.2) is 0 Å². The van der Waals surface area contributed by atoms with E-state index in [1.807, 2.05) is 0 Å². The second-order valence-corrected chi connectivity index (χ2v) is 9.07. The van der Waals surface area contributed by atoms with Crippen molar-refractivity contribution in [2.45, 2.75) is 37.0 Å². The van der Waals surface area contributed by atoms with Gasteiger partial charge in [0.05, 0.1) is 18.2 Å². The number of methoxy groups -OCH3 is 1. The quantitative estimate of drug-likeness (QED) is 0.518. The van der Waals surface area contributed by atoms with Crippen molar-refractivity contribution in [2.24, 2.45) is 0 Å². The highest BCUT2D eigenvalue weighted by Crippen LogP contribution is 2.32. The molecule has 1 aliphatic rings. The number of carbonyl (C=O) groups is 1. The maximum Gasteiger partial charge on any atom is 0.511 e. The highest BCUT2D eigenvalue weighted by Gasteiger charge is 2.47. The molecule has 0 radical (unpaired) electrons. The van der Waals surface area contributed by atoms with E-state index in [-0.39, 0.29) is 30.4 Å². The molecule has 0 aromatic heterocycles. The number of fused-ring (bicyclic) bond motifs is 1. The Morgan fingerprint density at radius 2 is 1.66 bits per heavy atom. The maximum atomic E-state index is 13.2. The van der Waals surface area contributed by atoms with Gasteiger partial charge in [-0.15, -0.1) is 0 Å². The molecule has 0 heterocycles. The lowest BCUT2D eigenvalue weighted by atomic mass is 9.97. The molecule has 32 heavy (non-hydrogen) atoms. The van der Waals surface area contributed by atoms with Gasteiger partial charge in [-0.1, -0.05) is 18.2 Å². The first-order chi connectivity index (χ1) is 14.7. The molecule has 0 saturated carbocycles. The van der Waals surface area contributed by atoms with Crippen LogP contribution < -0.4 is 4.72 Å². The summed E-state index contributed by atoms with van der Waals surface area (Å²) in [6.45, 7) is 0. The molecule has 12 heteroatoms. The van der Waals surface area contributed by atoms with Crippen molar-refractivity contribution in [1.29, 1.82) is 0 Å². The van der Waals surface area contributed by atoms with E-state index in [0.29, 0.717) is 22.8 Å². The fourth-order valence-electron chi connectivity index (χ4n) is 3.58. The second-order valence-electron chi connectivity index (χ2n) is 7.36. The molecule has 3 rings (SSSR count). The molecular weight excluding hydrogens is 464 g/mol. The van der Waals surface area contributed by atoms with E-state index in [1.54, 1.807) is 22.9 Å². The van der Waals surface area contributed by atoms with E-state index < -0.39 is 39.3 Å². The molecule has 2 aromatic carbocycles. The second kappa shape index (κ2) is 8.39. The average molecular weight is 481 g/mol. The average Bonchev–Trinajstić information content (AvgIpc) is 3.06. The maximum absolute atomic E-state index is 13.2. The van der Waals surface area contributed by atoms with Crippen LogP contribution in [0.3, 0.4) is 0 Å². The summed E-state index contributed by atoms with van der Waals surface area (Å²) in [7, 11) is -4.44. The lowest BCUT2D eigenvalue weighted by Gasteiger charge is -2.14. The predicted molar refractivity (Wildman–Crippen MR) is 101 cm³/mol. The first-order valence-corrected chi connectivity index (χ1v) is 10.7. The number of sulfonamides is 1. The molecule has 174 valence electrons. The number of esters is 1. The van der Waals surface area contributed by atoms with E-state index in [1.165, 1.54) is 6.07 Å². The third kappa shape index (κ3) is 5.23. The molecule has 0 aliphatic heterocycles. The van der Waals surface area contributed by atoms with Gasteiger partial charge >= 0.3 is 27.7 Å². The standard InChI is InChI=1S/C20H17F6NO4S/c1-31-18(28)15-6-12(7-16(8-15)19(21,22)23)4-11-2-3-13-9-17(10-14(13)5-11)27-32(29,30)20(24,25)26/h2-3,5-8,17,27H,4,9-10H2,1H3. The van der Waals surface area contributed by atoms with Crippen molar-refractivity contribution in [3.63, 3.8) is 0 Å². The van der Waals surface area contributed by atoms with E-state index in [9.17, 15) is 39.6 Å². The van der Waals surface area contributed by atoms with Crippen molar-refractivity contribution in [2.75, 3.05) is 7.11 Å². The van der Waals surface area contributed by atoms with Gasteiger partial charge in [-0.05, 0) is 59.7 Å². The van der Waals surface area contributed by atoms with Crippen LogP contribution in [0.2, 0.25) is 0 Å². The Kier molecular flexibility index (Phi) is 6.31. The number of carbonyl (C=O) groups excluding carboxylic acids is 1. The van der Waals surface area contributed by atoms with Crippen LogP contribution in [0.15, 0.2) is 36.4 Å². The number of nitrogens with one attached hydrogen (secondary N) is 1. The monoisotopic (exact) mass is 481 g/mol. The summed E-state index contributed by atoms with van der Waals surface area (Å²) in [6, 6.07) is 6.68. The zero-order valence-corrected chi connectivity index (χ0v) is 17.3. The molecule has 0 saturated heterocycles. The first kappa shape index (κ1) is 24.1. The van der Waals surface area contributed by atoms with Crippen molar-refractivity contribution >= 4 is 16.0 Å². The smallest absolute Gasteiger partial charge is 0.465 e. The van der Waals surface area contributed by atoms with Crippen LogP contribution in [0.4, 0.5) is 26.3 Å². The molecule has 0 amide bonds. The molecule has 5 nitrogen and oxygen atoms in total. The topological polar surface area (TPSA) is 72.5 Å². The van der Waals surface area contributed by atoms with Crippen LogP contribution in [0, 0.1) is 0 Å². The SMILES string of the molecule is COC(=O)c1cc(Cc2ccc3c(c2)CC(NS(=O)(=O)C(F)(F)F)C3)cc(C(F)(F)F)c1. The molecular formula is C20H17F6NO4S. The van der Waals surface area contributed by atoms with Gasteiger partial charge < -0.3 is 4.74 Å². The van der Waals surface area contributed by atoms with Gasteiger partial charge in [-0.3, -0.25) is 0 Å². The summed E-state index contributed by atoms with van der Waals surface area (Å²) in [6.07, 6.45) is -4.60. The molecule has 0 fully saturated rings. The van der Waals surface area contributed by atoms with Crippen molar-refractivity contribution in [1.82, 2.24) is 4.72 Å². The Balaban J connectivity index is 1.83. The van der Waals surface area contributed by atoms with E-state index >= 15 is 0 Å². The number of alkyl halides is 6. The van der Waals surface area contributed by atoms with E-state index in [2.05, 4.69) is 4.74 Å². The Morgan fingerprint density at radius 1 is 1.00 bits per heavy atom. The summed E-state index contributed by atoms with van der Waals surface area (Å²) >= 11 is 0.